The van der Waals surface area contributed by atoms with E-state index in [2.05, 4.69) is 4.98 Å². The smallest absolute Gasteiger partial charge is 0.309 e. The van der Waals surface area contributed by atoms with E-state index in [-0.39, 0.29) is 12.3 Å². The van der Waals surface area contributed by atoms with Gasteiger partial charge in [0.05, 0.1) is 12.0 Å². The van der Waals surface area contributed by atoms with E-state index >= 15 is 0 Å². The first-order chi connectivity index (χ1) is 11.5. The molecule has 1 amide bonds. The van der Waals surface area contributed by atoms with E-state index in [1.807, 2.05) is 44.2 Å². The maximum absolute atomic E-state index is 12.5. The van der Waals surface area contributed by atoms with Crippen LogP contribution in [0.25, 0.3) is 0 Å². The van der Waals surface area contributed by atoms with Gasteiger partial charge in [0, 0.05) is 25.4 Å². The minimum atomic E-state index is -0.929. The Kier molecular flexibility index (Phi) is 4.34. The van der Waals surface area contributed by atoms with Crippen molar-refractivity contribution in [2.45, 2.75) is 32.9 Å². The van der Waals surface area contributed by atoms with E-state index in [0.29, 0.717) is 6.54 Å². The van der Waals surface area contributed by atoms with Gasteiger partial charge >= 0.3 is 5.97 Å². The highest BCUT2D eigenvalue weighted by atomic mass is 16.4. The number of likely N-dealkylation sites (tertiary alicyclic amines) is 1. The van der Waals surface area contributed by atoms with Crippen LogP contribution in [0.15, 0.2) is 42.7 Å². The summed E-state index contributed by atoms with van der Waals surface area (Å²) in [5.41, 5.74) is 3.93. The Morgan fingerprint density at radius 3 is 2.75 bits per heavy atom. The Hall–Kier alpha value is -2.69. The molecule has 1 aromatic carbocycles. The van der Waals surface area contributed by atoms with Crippen molar-refractivity contribution < 1.29 is 14.7 Å². The summed E-state index contributed by atoms with van der Waals surface area (Å²) in [6, 6.07) is 9.20. The van der Waals surface area contributed by atoms with E-state index < -0.39 is 17.9 Å². The van der Waals surface area contributed by atoms with E-state index in [4.69, 9.17) is 0 Å². The number of aryl methyl sites for hydroxylation is 2. The number of hydrogen-bond donors (Lipinski definition) is 1. The number of carbonyl (C=O) groups excluding carboxylic acids is 1. The normalized spacial score (nSPS) is 20.4. The number of rotatable bonds is 4. The van der Waals surface area contributed by atoms with Crippen LogP contribution in [-0.4, -0.2) is 26.9 Å². The highest BCUT2D eigenvalue weighted by molar-refractivity contribution is 5.87. The third kappa shape index (κ3) is 3.02. The Morgan fingerprint density at radius 2 is 2.12 bits per heavy atom. The summed E-state index contributed by atoms with van der Waals surface area (Å²) in [6.45, 7) is 4.33. The average molecular weight is 324 g/mol. The molecule has 24 heavy (non-hydrogen) atoms. The van der Waals surface area contributed by atoms with Crippen LogP contribution in [0.3, 0.4) is 0 Å². The lowest BCUT2D eigenvalue weighted by Gasteiger charge is -2.28. The second kappa shape index (κ2) is 6.43. The number of carbonyl (C=O) groups is 2. The molecular formula is C19H20N2O3. The Bertz CT molecular complexity index is 773. The van der Waals surface area contributed by atoms with Crippen molar-refractivity contribution in [3.05, 3.63) is 65.0 Å². The number of carboxylic acids is 1. The van der Waals surface area contributed by atoms with E-state index in [1.165, 1.54) is 0 Å². The zero-order valence-corrected chi connectivity index (χ0v) is 13.8. The molecule has 2 heterocycles. The molecular weight excluding hydrogens is 304 g/mol. The largest absolute Gasteiger partial charge is 0.481 e. The highest BCUT2D eigenvalue weighted by Gasteiger charge is 2.45. The first kappa shape index (κ1) is 16.2. The molecule has 1 N–H and O–H groups in total. The second-order valence-corrected chi connectivity index (χ2v) is 6.34. The van der Waals surface area contributed by atoms with Crippen LogP contribution in [0.2, 0.25) is 0 Å². The van der Waals surface area contributed by atoms with Crippen molar-refractivity contribution in [3.8, 4) is 0 Å². The molecule has 2 aromatic rings. The zero-order chi connectivity index (χ0) is 17.3. The summed E-state index contributed by atoms with van der Waals surface area (Å²) in [5, 5.41) is 9.60. The summed E-state index contributed by atoms with van der Waals surface area (Å²) >= 11 is 0. The Balaban J connectivity index is 2.01. The zero-order valence-electron chi connectivity index (χ0n) is 13.8. The van der Waals surface area contributed by atoms with E-state index in [0.717, 1.165) is 22.3 Å². The predicted octanol–water partition coefficient (Wildman–Crippen LogP) is 2.87. The van der Waals surface area contributed by atoms with Gasteiger partial charge in [-0.05, 0) is 36.6 Å². The van der Waals surface area contributed by atoms with Crippen LogP contribution >= 0.6 is 0 Å². The molecule has 5 nitrogen and oxygen atoms in total. The van der Waals surface area contributed by atoms with Crippen LogP contribution in [-0.2, 0) is 16.1 Å². The highest BCUT2D eigenvalue weighted by Crippen LogP contribution is 2.40. The van der Waals surface area contributed by atoms with Gasteiger partial charge in [0.25, 0.3) is 0 Å². The molecule has 2 atom stereocenters. The minimum absolute atomic E-state index is 0.0353. The van der Waals surface area contributed by atoms with Gasteiger partial charge < -0.3 is 10.0 Å². The quantitative estimate of drug-likeness (QED) is 0.939. The molecule has 1 aliphatic heterocycles. The summed E-state index contributed by atoms with van der Waals surface area (Å²) in [5.74, 6) is -1.78. The van der Waals surface area contributed by atoms with Crippen LogP contribution in [0.1, 0.15) is 34.7 Å². The monoisotopic (exact) mass is 324 g/mol. The molecule has 1 fully saturated rings. The third-order valence-electron chi connectivity index (χ3n) is 4.57. The maximum Gasteiger partial charge on any atom is 0.309 e. The molecule has 0 bridgehead atoms. The lowest BCUT2D eigenvalue weighted by atomic mass is 9.90. The Morgan fingerprint density at radius 1 is 1.33 bits per heavy atom. The van der Waals surface area contributed by atoms with Gasteiger partial charge in [-0.15, -0.1) is 0 Å². The number of benzene rings is 1. The van der Waals surface area contributed by atoms with Crippen molar-refractivity contribution in [2.75, 3.05) is 0 Å². The number of hydrogen-bond acceptors (Lipinski definition) is 3. The Labute approximate surface area is 140 Å². The lowest BCUT2D eigenvalue weighted by molar-refractivity contribution is -0.142. The van der Waals surface area contributed by atoms with Gasteiger partial charge in [0.15, 0.2) is 0 Å². The molecule has 0 spiro atoms. The van der Waals surface area contributed by atoms with E-state index in [9.17, 15) is 14.7 Å². The minimum Gasteiger partial charge on any atom is -0.481 e. The standard InChI is InChI=1S/C19H20N2O3/c1-12-5-6-15(13(2)8-12)18-16(19(23)24)9-17(22)21(18)11-14-4-3-7-20-10-14/h3-8,10,16,18H,9,11H2,1-2H3,(H,23,24)/t16-,18+/m0/s1. The molecule has 1 aromatic heterocycles. The van der Waals surface area contributed by atoms with Gasteiger partial charge in [-0.3, -0.25) is 14.6 Å². The topological polar surface area (TPSA) is 70.5 Å². The van der Waals surface area contributed by atoms with Crippen LogP contribution in [0, 0.1) is 19.8 Å². The third-order valence-corrected chi connectivity index (χ3v) is 4.57. The maximum atomic E-state index is 12.5. The van der Waals surface area contributed by atoms with Crippen LogP contribution in [0.4, 0.5) is 0 Å². The molecule has 0 saturated carbocycles. The first-order valence-corrected chi connectivity index (χ1v) is 7.95. The van der Waals surface area contributed by atoms with Gasteiger partial charge in [-0.25, -0.2) is 0 Å². The molecule has 0 aliphatic carbocycles. The number of pyridine rings is 1. The van der Waals surface area contributed by atoms with Crippen molar-refractivity contribution in [2.24, 2.45) is 5.92 Å². The van der Waals surface area contributed by atoms with Gasteiger partial charge in [-0.1, -0.05) is 29.8 Å². The molecule has 3 rings (SSSR count). The predicted molar refractivity (Wildman–Crippen MR) is 89.2 cm³/mol. The molecule has 1 aliphatic rings. The van der Waals surface area contributed by atoms with Crippen molar-refractivity contribution in [1.29, 1.82) is 0 Å². The van der Waals surface area contributed by atoms with Crippen LogP contribution in [0.5, 0.6) is 0 Å². The molecule has 1 saturated heterocycles. The molecule has 0 unspecified atom stereocenters. The van der Waals surface area contributed by atoms with Gasteiger partial charge in [0.1, 0.15) is 0 Å². The van der Waals surface area contributed by atoms with Crippen molar-refractivity contribution >= 4 is 11.9 Å². The summed E-state index contributed by atoms with van der Waals surface area (Å²) in [4.78, 5) is 30.0. The lowest BCUT2D eigenvalue weighted by Crippen LogP contribution is -2.30. The molecule has 0 radical (unpaired) electrons. The van der Waals surface area contributed by atoms with Gasteiger partial charge in [-0.2, -0.15) is 0 Å². The second-order valence-electron chi connectivity index (χ2n) is 6.34. The summed E-state index contributed by atoms with van der Waals surface area (Å²) in [6.07, 6.45) is 3.42. The number of nitrogens with zero attached hydrogens (tertiary/aromatic N) is 2. The van der Waals surface area contributed by atoms with Gasteiger partial charge in [0.2, 0.25) is 5.91 Å². The number of aromatic nitrogens is 1. The number of aliphatic carboxylic acids is 1. The van der Waals surface area contributed by atoms with E-state index in [1.54, 1.807) is 17.3 Å². The fourth-order valence-electron chi connectivity index (χ4n) is 3.43. The SMILES string of the molecule is Cc1ccc([C@@H]2[C@@H](C(=O)O)CC(=O)N2Cc2cccnc2)c(C)c1. The fraction of sp³-hybridized carbons (Fsp3) is 0.316. The molecule has 5 heteroatoms. The van der Waals surface area contributed by atoms with Crippen LogP contribution < -0.4 is 0 Å². The first-order valence-electron chi connectivity index (χ1n) is 7.95. The van der Waals surface area contributed by atoms with Crippen molar-refractivity contribution in [1.82, 2.24) is 9.88 Å². The number of carboxylic acid groups (broad SMARTS) is 1. The number of amides is 1. The van der Waals surface area contributed by atoms with Crippen molar-refractivity contribution in [3.63, 3.8) is 0 Å². The summed E-state index contributed by atoms with van der Waals surface area (Å²) < 4.78 is 0. The fourth-order valence-corrected chi connectivity index (χ4v) is 3.43. The average Bonchev–Trinajstić information content (AvgIpc) is 2.86. The summed E-state index contributed by atoms with van der Waals surface area (Å²) in [7, 11) is 0. The molecule has 124 valence electrons.